The molecule has 6 heteroatoms. The summed E-state index contributed by atoms with van der Waals surface area (Å²) in [5, 5.41) is 3.53. The van der Waals surface area contributed by atoms with E-state index in [2.05, 4.69) is 9.63 Å². The number of nitrogens with zero attached hydrogens (tertiary/aromatic N) is 2. The second-order valence-corrected chi connectivity index (χ2v) is 2.96. The maximum absolute atomic E-state index is 10.2. The molecule has 5 nitrogen and oxygen atoms in total. The van der Waals surface area contributed by atoms with E-state index in [1.165, 1.54) is 0 Å². The van der Waals surface area contributed by atoms with Gasteiger partial charge < -0.3 is 4.74 Å². The maximum atomic E-state index is 10.2. The Labute approximate surface area is 84.2 Å². The van der Waals surface area contributed by atoms with E-state index in [0.29, 0.717) is 12.3 Å². The molecule has 76 valence electrons. The van der Waals surface area contributed by atoms with Gasteiger partial charge in [0, 0.05) is 0 Å². The van der Waals surface area contributed by atoms with Crippen molar-refractivity contribution in [1.29, 1.82) is 0 Å². The van der Waals surface area contributed by atoms with Crippen LogP contribution in [0.25, 0.3) is 0 Å². The van der Waals surface area contributed by atoms with Crippen LogP contribution in [-0.2, 0) is 11.3 Å². The van der Waals surface area contributed by atoms with Crippen molar-refractivity contribution in [3.8, 4) is 5.75 Å². The smallest absolute Gasteiger partial charge is 0.301 e. The van der Waals surface area contributed by atoms with Crippen LogP contribution in [0.2, 0.25) is 0 Å². The molecule has 0 fully saturated rings. The van der Waals surface area contributed by atoms with Gasteiger partial charge in [0.2, 0.25) is 0 Å². The van der Waals surface area contributed by atoms with E-state index in [1.54, 1.807) is 24.3 Å². The molecule has 1 aromatic rings. The van der Waals surface area contributed by atoms with Crippen molar-refractivity contribution < 1.29 is 13.5 Å². The summed E-state index contributed by atoms with van der Waals surface area (Å²) in [6.07, 6.45) is 0. The Morgan fingerprint density at radius 3 is 2.57 bits per heavy atom. The van der Waals surface area contributed by atoms with Crippen molar-refractivity contribution >= 4 is 17.0 Å². The van der Waals surface area contributed by atoms with Crippen molar-refractivity contribution in [3.63, 3.8) is 0 Å². The molecule has 1 rings (SSSR count). The minimum Gasteiger partial charge on any atom is -0.494 e. The summed E-state index contributed by atoms with van der Waals surface area (Å²) in [5.41, 5.74) is 0.510. The zero-order chi connectivity index (χ0) is 10.4. The van der Waals surface area contributed by atoms with Gasteiger partial charge in [-0.25, -0.2) is 4.21 Å². The molecule has 0 aliphatic carbocycles. The van der Waals surface area contributed by atoms with Gasteiger partial charge in [-0.3, -0.25) is 4.55 Å². The monoisotopic (exact) mass is 214 g/mol. The Balaban J connectivity index is 2.68. The zero-order valence-corrected chi connectivity index (χ0v) is 8.40. The number of benzene rings is 1. The lowest BCUT2D eigenvalue weighted by Gasteiger charge is -2.01. The van der Waals surface area contributed by atoms with Crippen LogP contribution in [0.1, 0.15) is 6.92 Å². The first-order chi connectivity index (χ1) is 6.72. The van der Waals surface area contributed by atoms with E-state index < -0.39 is 11.3 Å². The van der Waals surface area contributed by atoms with Gasteiger partial charge in [-0.1, -0.05) is 4.52 Å². The van der Waals surface area contributed by atoms with Crippen molar-refractivity contribution in [3.05, 3.63) is 24.3 Å². The number of hydrogen-bond donors (Lipinski definition) is 1. The highest BCUT2D eigenvalue weighted by Gasteiger charge is 1.93. The fourth-order valence-electron chi connectivity index (χ4n) is 0.858. The van der Waals surface area contributed by atoms with E-state index in [9.17, 15) is 4.21 Å². The van der Waals surface area contributed by atoms with Crippen molar-refractivity contribution in [2.75, 3.05) is 6.61 Å². The lowest BCUT2D eigenvalue weighted by atomic mass is 10.3. The average molecular weight is 214 g/mol. The van der Waals surface area contributed by atoms with Gasteiger partial charge in [-0.05, 0) is 31.2 Å². The number of hydrogen-bond acceptors (Lipinski definition) is 3. The molecule has 14 heavy (non-hydrogen) atoms. The molecule has 0 aliphatic rings. The molecule has 0 bridgehead atoms. The molecule has 0 spiro atoms. The summed E-state index contributed by atoms with van der Waals surface area (Å²) in [6.45, 7) is 2.49. The van der Waals surface area contributed by atoms with E-state index in [0.717, 1.165) is 5.75 Å². The van der Waals surface area contributed by atoms with Crippen molar-refractivity contribution in [1.82, 2.24) is 0 Å². The lowest BCUT2D eigenvalue weighted by Crippen LogP contribution is -1.89. The van der Waals surface area contributed by atoms with Crippen LogP contribution in [-0.4, -0.2) is 15.4 Å². The van der Waals surface area contributed by atoms with Gasteiger partial charge in [0.05, 0.1) is 12.3 Å². The second-order valence-electron chi connectivity index (χ2n) is 2.34. The highest BCUT2D eigenvalue weighted by Crippen LogP contribution is 2.18. The SMILES string of the molecule is CCOc1ccc(N=NS(=O)O)cc1. The van der Waals surface area contributed by atoms with Gasteiger partial charge in [-0.15, -0.1) is 5.11 Å². The first-order valence-electron chi connectivity index (χ1n) is 3.98. The fourth-order valence-corrected chi connectivity index (χ4v) is 1.02. The summed E-state index contributed by atoms with van der Waals surface area (Å²) < 4.78 is 26.8. The zero-order valence-electron chi connectivity index (χ0n) is 7.58. The van der Waals surface area contributed by atoms with E-state index >= 15 is 0 Å². The van der Waals surface area contributed by atoms with Crippen LogP contribution < -0.4 is 4.74 Å². The topological polar surface area (TPSA) is 71.2 Å². The summed E-state index contributed by atoms with van der Waals surface area (Å²) >= 11 is -2.25. The molecule has 0 aromatic heterocycles. The lowest BCUT2D eigenvalue weighted by molar-refractivity contribution is 0.340. The molecule has 0 saturated heterocycles. The Morgan fingerprint density at radius 1 is 1.43 bits per heavy atom. The summed E-state index contributed by atoms with van der Waals surface area (Å²) in [4.78, 5) is 0. The molecule has 1 atom stereocenters. The van der Waals surface area contributed by atoms with Gasteiger partial charge in [0.1, 0.15) is 5.75 Å². The van der Waals surface area contributed by atoms with Crippen molar-refractivity contribution in [2.24, 2.45) is 9.63 Å². The molecular weight excluding hydrogens is 204 g/mol. The average Bonchev–Trinajstić information content (AvgIpc) is 2.17. The van der Waals surface area contributed by atoms with Crippen LogP contribution in [0.3, 0.4) is 0 Å². The molecule has 1 unspecified atom stereocenters. The Morgan fingerprint density at radius 2 is 2.07 bits per heavy atom. The highest BCUT2D eigenvalue weighted by molar-refractivity contribution is 7.77. The molecule has 0 aliphatic heterocycles. The largest absolute Gasteiger partial charge is 0.494 e. The van der Waals surface area contributed by atoms with E-state index in [1.807, 2.05) is 6.92 Å². The maximum Gasteiger partial charge on any atom is 0.301 e. The number of ether oxygens (including phenoxy) is 1. The highest BCUT2D eigenvalue weighted by atomic mass is 32.2. The molecule has 1 N–H and O–H groups in total. The van der Waals surface area contributed by atoms with E-state index in [4.69, 9.17) is 9.29 Å². The standard InChI is InChI=1S/C8H10N2O3S/c1-2-13-8-5-3-7(4-6-8)9-10-14(11)12/h3-6H,2H2,1H3,(H,11,12). The third-order valence-electron chi connectivity index (χ3n) is 1.37. The van der Waals surface area contributed by atoms with Gasteiger partial charge in [0.15, 0.2) is 0 Å². The minimum absolute atomic E-state index is 0.510. The van der Waals surface area contributed by atoms with Gasteiger partial charge in [-0.2, -0.15) is 0 Å². The van der Waals surface area contributed by atoms with Crippen LogP contribution in [0.5, 0.6) is 5.75 Å². The minimum atomic E-state index is -2.25. The first kappa shape index (κ1) is 10.8. The Bertz CT molecular complexity index is 337. The third kappa shape index (κ3) is 3.63. The quantitative estimate of drug-likeness (QED) is 0.617. The molecule has 0 heterocycles. The summed E-state index contributed by atoms with van der Waals surface area (Å²) in [7, 11) is 0. The molecular formula is C8H10N2O3S. The molecule has 0 radical (unpaired) electrons. The predicted octanol–water partition coefficient (Wildman–Crippen LogP) is 2.31. The summed E-state index contributed by atoms with van der Waals surface area (Å²) in [6, 6.07) is 6.75. The van der Waals surface area contributed by atoms with Crippen LogP contribution in [0.15, 0.2) is 33.9 Å². The third-order valence-corrected chi connectivity index (χ3v) is 1.60. The Kier molecular flexibility index (Phi) is 4.21. The molecule has 1 aromatic carbocycles. The fraction of sp³-hybridized carbons (Fsp3) is 0.250. The van der Waals surface area contributed by atoms with Crippen LogP contribution in [0.4, 0.5) is 5.69 Å². The predicted molar refractivity (Wildman–Crippen MR) is 52.9 cm³/mol. The van der Waals surface area contributed by atoms with Crippen molar-refractivity contribution in [2.45, 2.75) is 6.92 Å². The number of rotatable bonds is 4. The molecule has 0 saturated carbocycles. The van der Waals surface area contributed by atoms with Crippen LogP contribution in [0, 0.1) is 0 Å². The second kappa shape index (κ2) is 5.46. The Hall–Kier alpha value is -1.27. The molecule has 0 amide bonds. The van der Waals surface area contributed by atoms with Crippen LogP contribution >= 0.6 is 0 Å². The normalized spacial score (nSPS) is 13.0. The van der Waals surface area contributed by atoms with Gasteiger partial charge >= 0.3 is 11.3 Å². The first-order valence-corrected chi connectivity index (χ1v) is 5.04. The van der Waals surface area contributed by atoms with E-state index in [-0.39, 0.29) is 0 Å². The summed E-state index contributed by atoms with van der Waals surface area (Å²) in [5.74, 6) is 0.733. The van der Waals surface area contributed by atoms with Gasteiger partial charge in [0.25, 0.3) is 0 Å².